The number of nitrogens with one attached hydrogen (secondary N) is 2. The molecule has 1 aliphatic rings. The summed E-state index contributed by atoms with van der Waals surface area (Å²) < 4.78 is 60.4. The number of benzene rings is 2. The van der Waals surface area contributed by atoms with E-state index in [1.807, 2.05) is 39.0 Å². The number of ether oxygens (including phenoxy) is 1. The number of rotatable bonds is 19. The van der Waals surface area contributed by atoms with Gasteiger partial charge in [-0.05, 0) is 60.9 Å². The van der Waals surface area contributed by atoms with Crippen LogP contribution in [0.25, 0.3) is 0 Å². The van der Waals surface area contributed by atoms with E-state index in [2.05, 4.69) is 10.6 Å². The van der Waals surface area contributed by atoms with Crippen LogP contribution in [0, 0.1) is 11.6 Å². The summed E-state index contributed by atoms with van der Waals surface area (Å²) in [7, 11) is -3.92. The van der Waals surface area contributed by atoms with E-state index in [0.717, 1.165) is 23.8 Å². The number of sulfone groups is 1. The van der Waals surface area contributed by atoms with Crippen LogP contribution in [-0.2, 0) is 43.5 Å². The third-order valence-electron chi connectivity index (χ3n) is 8.60. The quantitative estimate of drug-likeness (QED) is 0.172. The van der Waals surface area contributed by atoms with E-state index in [0.29, 0.717) is 44.1 Å². The van der Waals surface area contributed by atoms with Crippen molar-refractivity contribution in [2.45, 2.75) is 108 Å². The highest BCUT2D eigenvalue weighted by Gasteiger charge is 2.36. The molecule has 0 aromatic heterocycles. The first-order chi connectivity index (χ1) is 23.2. The molecule has 1 unspecified atom stereocenters. The van der Waals surface area contributed by atoms with Gasteiger partial charge in [-0.3, -0.25) is 9.59 Å². The number of alkyl carbamates (subject to hydrolysis) is 1. The van der Waals surface area contributed by atoms with E-state index in [9.17, 15) is 36.7 Å². The van der Waals surface area contributed by atoms with E-state index in [-0.39, 0.29) is 44.0 Å². The smallest absolute Gasteiger partial charge is 0.407 e. The van der Waals surface area contributed by atoms with Crippen molar-refractivity contribution in [3.05, 3.63) is 70.8 Å². The van der Waals surface area contributed by atoms with Gasteiger partial charge in [-0.1, -0.05) is 57.9 Å². The Balaban J connectivity index is 1.92. The molecule has 4 atom stereocenters. The van der Waals surface area contributed by atoms with E-state index in [1.54, 1.807) is 6.07 Å². The van der Waals surface area contributed by atoms with Crippen molar-refractivity contribution < 1.29 is 41.4 Å². The number of hydrogen-bond acceptors (Lipinski definition) is 8. The monoisotopic (exact) mass is 708 g/mol. The van der Waals surface area contributed by atoms with Crippen molar-refractivity contribution in [1.82, 2.24) is 15.5 Å². The molecule has 1 aliphatic heterocycles. The van der Waals surface area contributed by atoms with Gasteiger partial charge in [0.25, 0.3) is 0 Å². The first-order valence-electron chi connectivity index (χ1n) is 16.9. The van der Waals surface area contributed by atoms with Gasteiger partial charge in [0.2, 0.25) is 11.8 Å². The molecule has 3 rings (SSSR count). The summed E-state index contributed by atoms with van der Waals surface area (Å²) in [6.45, 7) is 5.11. The molecule has 0 aliphatic carbocycles. The third-order valence-corrected chi connectivity index (χ3v) is 10.9. The number of halogens is 2. The van der Waals surface area contributed by atoms with E-state index < -0.39 is 68.7 Å². The zero-order valence-electron chi connectivity index (χ0n) is 28.5. The van der Waals surface area contributed by atoms with Gasteiger partial charge in [0.05, 0.1) is 23.1 Å². The summed E-state index contributed by atoms with van der Waals surface area (Å²) in [4.78, 5) is 40.2. The minimum Gasteiger partial charge on any atom is -0.447 e. The molecule has 14 heteroatoms. The van der Waals surface area contributed by atoms with Crippen LogP contribution in [-0.4, -0.2) is 84.7 Å². The largest absolute Gasteiger partial charge is 0.447 e. The van der Waals surface area contributed by atoms with Crippen LogP contribution in [0.4, 0.5) is 13.6 Å². The first kappa shape index (κ1) is 39.8. The summed E-state index contributed by atoms with van der Waals surface area (Å²) in [6, 6.07) is 7.28. The molecule has 1 heterocycles. The lowest BCUT2D eigenvalue weighted by Gasteiger charge is -2.32. The van der Waals surface area contributed by atoms with Crippen LogP contribution in [0.2, 0.25) is 0 Å². The maximum atomic E-state index is 14.3. The van der Waals surface area contributed by atoms with Crippen LogP contribution < -0.4 is 16.4 Å². The van der Waals surface area contributed by atoms with Gasteiger partial charge in [0.15, 0.2) is 9.84 Å². The first-order valence-corrected chi connectivity index (χ1v) is 18.6. The molecule has 272 valence electrons. The average Bonchev–Trinajstić information content (AvgIpc) is 3.47. The molecule has 49 heavy (non-hydrogen) atoms. The van der Waals surface area contributed by atoms with Crippen molar-refractivity contribution in [2.24, 2.45) is 5.73 Å². The summed E-state index contributed by atoms with van der Waals surface area (Å²) in [5.74, 6) is -3.27. The zero-order valence-corrected chi connectivity index (χ0v) is 29.3. The summed E-state index contributed by atoms with van der Waals surface area (Å²) in [6.07, 6.45) is 0.888. The minimum absolute atomic E-state index is 0.0558. The number of hydrogen-bond donors (Lipinski definition) is 4. The van der Waals surface area contributed by atoms with Crippen molar-refractivity contribution in [1.29, 1.82) is 0 Å². The molecule has 0 saturated carbocycles. The number of amides is 3. The Morgan fingerprint density at radius 1 is 1.06 bits per heavy atom. The zero-order chi connectivity index (χ0) is 36.1. The van der Waals surface area contributed by atoms with Gasteiger partial charge in [0.1, 0.15) is 24.3 Å². The van der Waals surface area contributed by atoms with Crippen molar-refractivity contribution >= 4 is 27.7 Å². The molecular formula is C35H50F2N4O7S. The number of carbonyl (C=O) groups is 3. The second kappa shape index (κ2) is 19.0. The molecule has 1 saturated heterocycles. The molecule has 5 N–H and O–H groups in total. The Hall–Kier alpha value is -3.62. The maximum Gasteiger partial charge on any atom is 0.407 e. The molecule has 0 spiro atoms. The Morgan fingerprint density at radius 2 is 1.71 bits per heavy atom. The second-order valence-corrected chi connectivity index (χ2v) is 15.1. The number of aryl methyl sites for hydroxylation is 1. The number of nitrogens with two attached hydrogens (primary N) is 1. The molecule has 0 radical (unpaired) electrons. The van der Waals surface area contributed by atoms with Gasteiger partial charge in [-0.15, -0.1) is 0 Å². The maximum absolute atomic E-state index is 14.3. The Bertz CT molecular complexity index is 1500. The second-order valence-electron chi connectivity index (χ2n) is 12.7. The van der Waals surface area contributed by atoms with Gasteiger partial charge in [-0.25, -0.2) is 22.0 Å². The molecule has 2 aromatic carbocycles. The Morgan fingerprint density at radius 3 is 2.31 bits per heavy atom. The van der Waals surface area contributed by atoms with Crippen LogP contribution in [0.1, 0.15) is 76.0 Å². The topological polar surface area (TPSA) is 168 Å². The fourth-order valence-electron chi connectivity index (χ4n) is 5.97. The average molecular weight is 709 g/mol. The normalized spacial score (nSPS) is 16.6. The van der Waals surface area contributed by atoms with Crippen molar-refractivity contribution in [3.63, 3.8) is 0 Å². The Kier molecular flexibility index (Phi) is 15.4. The number of nitrogens with zero attached hydrogens (tertiary/aromatic N) is 1. The lowest BCUT2D eigenvalue weighted by Crippen LogP contribution is -2.55. The van der Waals surface area contributed by atoms with Gasteiger partial charge in [0, 0.05) is 31.6 Å². The molecule has 0 bridgehead atoms. The van der Waals surface area contributed by atoms with Crippen LogP contribution in [0.5, 0.6) is 0 Å². The molecule has 2 aromatic rings. The van der Waals surface area contributed by atoms with Crippen LogP contribution in [0.3, 0.4) is 0 Å². The number of aliphatic hydroxyl groups excluding tert-OH is 1. The standard InChI is InChI=1S/C35H50F2N4O7S/c1-4-8-29(9-5-2)49(46,47)22-31(40-35(45)48-21-28-12-13-33(43)39-28)34(44)41(19-24-11-7-10-23(6-3)14-24)20-32(42)30(38)17-25-15-26(36)18-27(37)16-25/h7,10-11,14-16,18,28-32,42H,4-6,8-9,12-13,17,19-22,38H2,1-3H3,(H,39,43)(H,40,45)/t28-,30-,31?,32+/m0/s1. The van der Waals surface area contributed by atoms with E-state index >= 15 is 0 Å². The predicted octanol–water partition coefficient (Wildman–Crippen LogP) is 3.54. The summed E-state index contributed by atoms with van der Waals surface area (Å²) >= 11 is 0. The molecular weight excluding hydrogens is 658 g/mol. The predicted molar refractivity (Wildman–Crippen MR) is 182 cm³/mol. The highest BCUT2D eigenvalue weighted by atomic mass is 32.2. The lowest BCUT2D eigenvalue weighted by atomic mass is 10.0. The summed E-state index contributed by atoms with van der Waals surface area (Å²) in [5.41, 5.74) is 8.15. The Labute approximate surface area is 287 Å². The van der Waals surface area contributed by atoms with Crippen molar-refractivity contribution in [2.75, 3.05) is 18.9 Å². The molecule has 3 amide bonds. The number of carbonyl (C=O) groups excluding carboxylic acids is 3. The highest BCUT2D eigenvalue weighted by molar-refractivity contribution is 7.92. The van der Waals surface area contributed by atoms with Gasteiger partial charge in [-0.2, -0.15) is 0 Å². The van der Waals surface area contributed by atoms with E-state index in [4.69, 9.17) is 10.5 Å². The molecule has 11 nitrogen and oxygen atoms in total. The van der Waals surface area contributed by atoms with E-state index in [1.165, 1.54) is 4.90 Å². The summed E-state index contributed by atoms with van der Waals surface area (Å²) in [5, 5.41) is 15.6. The SMILES string of the molecule is CCCC(CCC)S(=O)(=O)CC(NC(=O)OC[C@@H]1CCC(=O)N1)C(=O)N(Cc1cccc(CC)c1)C[C@@H](O)[C@@H](N)Cc1cc(F)cc(F)c1. The van der Waals surface area contributed by atoms with Crippen LogP contribution >= 0.6 is 0 Å². The van der Waals surface area contributed by atoms with Crippen molar-refractivity contribution in [3.8, 4) is 0 Å². The highest BCUT2D eigenvalue weighted by Crippen LogP contribution is 2.19. The lowest BCUT2D eigenvalue weighted by molar-refractivity contribution is -0.135. The van der Waals surface area contributed by atoms with Crippen LogP contribution in [0.15, 0.2) is 42.5 Å². The van der Waals surface area contributed by atoms with Gasteiger partial charge < -0.3 is 31.1 Å². The fraction of sp³-hybridized carbons (Fsp3) is 0.571. The van der Waals surface area contributed by atoms with Gasteiger partial charge >= 0.3 is 6.09 Å². The fourth-order valence-corrected chi connectivity index (χ4v) is 8.12. The minimum atomic E-state index is -3.92. The number of aliphatic hydroxyl groups is 1. The molecule has 1 fully saturated rings. The third kappa shape index (κ3) is 12.6.